The Kier molecular flexibility index (Phi) is 8.66. The van der Waals surface area contributed by atoms with Crippen molar-refractivity contribution in [2.75, 3.05) is 13.6 Å². The van der Waals surface area contributed by atoms with E-state index in [2.05, 4.69) is 17.9 Å². The maximum atomic E-state index is 12.8. The molecule has 1 rings (SSSR count). The van der Waals surface area contributed by atoms with Crippen molar-refractivity contribution in [1.29, 1.82) is 0 Å². The molecule has 0 saturated heterocycles. The zero-order valence-corrected chi connectivity index (χ0v) is 16.0. The van der Waals surface area contributed by atoms with Crippen LogP contribution in [0.5, 0.6) is 0 Å². The molecule has 0 aliphatic carbocycles. The van der Waals surface area contributed by atoms with Crippen LogP contribution in [-0.2, 0) is 6.18 Å². The molecule has 2 nitrogen and oxygen atoms in total. The van der Waals surface area contributed by atoms with Crippen molar-refractivity contribution in [3.05, 3.63) is 71.0 Å². The van der Waals surface area contributed by atoms with E-state index >= 15 is 0 Å². The second-order valence-electron chi connectivity index (χ2n) is 6.54. The van der Waals surface area contributed by atoms with E-state index in [-0.39, 0.29) is 6.04 Å². The van der Waals surface area contributed by atoms with E-state index in [1.807, 2.05) is 39.1 Å². The summed E-state index contributed by atoms with van der Waals surface area (Å²) in [6.07, 6.45) is 5.77. The highest BCUT2D eigenvalue weighted by Gasteiger charge is 2.30. The van der Waals surface area contributed by atoms with Crippen LogP contribution in [0.15, 0.2) is 59.8 Å². The predicted molar refractivity (Wildman–Crippen MR) is 103 cm³/mol. The van der Waals surface area contributed by atoms with Crippen LogP contribution in [0.25, 0.3) is 0 Å². The molecule has 0 bridgehead atoms. The molecule has 0 aliphatic rings. The van der Waals surface area contributed by atoms with Gasteiger partial charge in [-0.25, -0.2) is 0 Å². The third-order valence-corrected chi connectivity index (χ3v) is 4.08. The molecule has 0 aromatic heterocycles. The molecule has 0 heterocycles. The second-order valence-corrected chi connectivity index (χ2v) is 6.54. The molecule has 0 spiro atoms. The first-order valence-electron chi connectivity index (χ1n) is 8.79. The van der Waals surface area contributed by atoms with Crippen LogP contribution < -0.4 is 5.73 Å². The Morgan fingerprint density at radius 3 is 2.31 bits per heavy atom. The molecular formula is C21H29F3N2. The van der Waals surface area contributed by atoms with Crippen LogP contribution in [0.1, 0.15) is 50.8 Å². The van der Waals surface area contributed by atoms with Crippen molar-refractivity contribution in [3.63, 3.8) is 0 Å². The van der Waals surface area contributed by atoms with E-state index in [0.717, 1.165) is 36.1 Å². The number of halogens is 3. The highest BCUT2D eigenvalue weighted by atomic mass is 19.4. The lowest BCUT2D eigenvalue weighted by atomic mass is 9.96. The summed E-state index contributed by atoms with van der Waals surface area (Å²) in [6.45, 7) is 6.53. The summed E-state index contributed by atoms with van der Waals surface area (Å²) in [5.41, 5.74) is 7.68. The van der Waals surface area contributed by atoms with E-state index in [4.69, 9.17) is 5.73 Å². The Morgan fingerprint density at radius 1 is 1.19 bits per heavy atom. The van der Waals surface area contributed by atoms with Crippen molar-refractivity contribution in [3.8, 4) is 0 Å². The normalized spacial score (nSPS) is 15.1. The minimum atomic E-state index is -4.33. The predicted octanol–water partition coefficient (Wildman–Crippen LogP) is 5.84. The summed E-state index contributed by atoms with van der Waals surface area (Å²) >= 11 is 0. The van der Waals surface area contributed by atoms with Crippen LogP contribution >= 0.6 is 0 Å². The first kappa shape index (κ1) is 22.0. The van der Waals surface area contributed by atoms with E-state index in [9.17, 15) is 13.2 Å². The number of benzene rings is 1. The Hall–Kier alpha value is -2.01. The van der Waals surface area contributed by atoms with Crippen LogP contribution in [-0.4, -0.2) is 18.5 Å². The van der Waals surface area contributed by atoms with Gasteiger partial charge < -0.3 is 5.73 Å². The molecule has 1 atom stereocenters. The number of hydrogen-bond donors (Lipinski definition) is 1. The van der Waals surface area contributed by atoms with Crippen molar-refractivity contribution in [1.82, 2.24) is 4.90 Å². The summed E-state index contributed by atoms with van der Waals surface area (Å²) in [7, 11) is 1.94. The Bertz CT molecular complexity index is 636. The minimum Gasteiger partial charge on any atom is -0.402 e. The number of allylic oxidation sites excluding steroid dienone is 4. The molecule has 1 unspecified atom stereocenters. The molecule has 0 amide bonds. The number of hydrogen-bond acceptors (Lipinski definition) is 2. The van der Waals surface area contributed by atoms with Crippen molar-refractivity contribution in [2.45, 2.75) is 45.8 Å². The molecule has 144 valence electrons. The fourth-order valence-electron chi connectivity index (χ4n) is 2.69. The van der Waals surface area contributed by atoms with Crippen molar-refractivity contribution < 1.29 is 13.2 Å². The molecule has 0 aliphatic heterocycles. The lowest BCUT2D eigenvalue weighted by molar-refractivity contribution is -0.137. The van der Waals surface area contributed by atoms with Crippen LogP contribution in [0.2, 0.25) is 0 Å². The van der Waals surface area contributed by atoms with E-state index < -0.39 is 11.7 Å². The molecule has 2 N–H and O–H groups in total. The number of unbranched alkanes of at least 4 members (excludes halogenated alkanes) is 1. The van der Waals surface area contributed by atoms with Gasteiger partial charge in [0.05, 0.1) is 11.6 Å². The Labute approximate surface area is 154 Å². The zero-order valence-electron chi connectivity index (χ0n) is 16.0. The van der Waals surface area contributed by atoms with E-state index in [1.165, 1.54) is 0 Å². The van der Waals surface area contributed by atoms with Gasteiger partial charge in [0.15, 0.2) is 0 Å². The maximum absolute atomic E-state index is 12.8. The zero-order chi connectivity index (χ0) is 19.7. The quantitative estimate of drug-likeness (QED) is 0.585. The average molecular weight is 366 g/mol. The summed E-state index contributed by atoms with van der Waals surface area (Å²) < 4.78 is 38.5. The van der Waals surface area contributed by atoms with Crippen molar-refractivity contribution >= 4 is 0 Å². The lowest BCUT2D eigenvalue weighted by Crippen LogP contribution is -2.26. The molecule has 0 saturated carbocycles. The number of nitrogens with two attached hydrogens (primary N) is 1. The van der Waals surface area contributed by atoms with Gasteiger partial charge in [-0.15, -0.1) is 0 Å². The van der Waals surface area contributed by atoms with Gasteiger partial charge in [-0.1, -0.05) is 55.4 Å². The summed E-state index contributed by atoms with van der Waals surface area (Å²) in [6, 6.07) is 5.26. The summed E-state index contributed by atoms with van der Waals surface area (Å²) in [5, 5.41) is 0. The molecule has 1 aromatic carbocycles. The van der Waals surface area contributed by atoms with Gasteiger partial charge in [-0.3, -0.25) is 4.90 Å². The van der Waals surface area contributed by atoms with E-state index in [1.54, 1.807) is 12.1 Å². The van der Waals surface area contributed by atoms with Crippen molar-refractivity contribution in [2.24, 2.45) is 5.73 Å². The van der Waals surface area contributed by atoms with Crippen LogP contribution in [0.3, 0.4) is 0 Å². The van der Waals surface area contributed by atoms with Gasteiger partial charge in [-0.2, -0.15) is 13.2 Å². The topological polar surface area (TPSA) is 29.3 Å². The highest BCUT2D eigenvalue weighted by Crippen LogP contribution is 2.32. The van der Waals surface area contributed by atoms with Gasteiger partial charge in [0.1, 0.15) is 0 Å². The highest BCUT2D eigenvalue weighted by molar-refractivity contribution is 5.33. The average Bonchev–Trinajstić information content (AvgIpc) is 2.57. The fraction of sp³-hybridized carbons (Fsp3) is 0.429. The van der Waals surface area contributed by atoms with Gasteiger partial charge in [0, 0.05) is 12.2 Å². The smallest absolute Gasteiger partial charge is 0.402 e. The van der Waals surface area contributed by atoms with Gasteiger partial charge >= 0.3 is 6.18 Å². The second kappa shape index (κ2) is 10.2. The first-order valence-corrected chi connectivity index (χ1v) is 8.79. The number of alkyl halides is 3. The van der Waals surface area contributed by atoms with Gasteiger partial charge in [-0.05, 0) is 45.0 Å². The number of rotatable bonds is 8. The first-order chi connectivity index (χ1) is 12.2. The van der Waals surface area contributed by atoms with E-state index in [0.29, 0.717) is 12.2 Å². The third kappa shape index (κ3) is 7.08. The lowest BCUT2D eigenvalue weighted by Gasteiger charge is -2.29. The monoisotopic (exact) mass is 366 g/mol. The number of likely N-dealkylation sites (N-methyl/N-ethyl adjacent to an activating group) is 1. The van der Waals surface area contributed by atoms with Crippen LogP contribution in [0, 0.1) is 0 Å². The fourth-order valence-corrected chi connectivity index (χ4v) is 2.69. The standard InChI is InChI=1S/C21H29F3N2/c1-5-6-7-8-9-16(2)20(26(4)15-14-17(3)25)18-10-12-19(13-11-18)21(22,23)24/h7-14,20H,5-6,15,25H2,1-4H3/b8-7-,16-9+,17-14+. The summed E-state index contributed by atoms with van der Waals surface area (Å²) in [4.78, 5) is 2.07. The molecule has 0 radical (unpaired) electrons. The van der Waals surface area contributed by atoms with Crippen LogP contribution in [0.4, 0.5) is 13.2 Å². The molecule has 26 heavy (non-hydrogen) atoms. The Balaban J connectivity index is 3.16. The maximum Gasteiger partial charge on any atom is 0.416 e. The molecule has 0 fully saturated rings. The third-order valence-electron chi connectivity index (χ3n) is 4.08. The molecular weight excluding hydrogens is 337 g/mol. The molecule has 1 aromatic rings. The largest absolute Gasteiger partial charge is 0.416 e. The number of nitrogens with zero attached hydrogens (tertiary/aromatic N) is 1. The Morgan fingerprint density at radius 2 is 1.81 bits per heavy atom. The van der Waals surface area contributed by atoms with Gasteiger partial charge in [0.25, 0.3) is 0 Å². The molecule has 5 heteroatoms. The minimum absolute atomic E-state index is 0.126. The SMILES string of the molecule is CCC/C=C\C=C(/C)C(c1ccc(C(F)(F)F)cc1)N(C)C/C=C(\C)N. The summed E-state index contributed by atoms with van der Waals surface area (Å²) in [5.74, 6) is 0. The van der Waals surface area contributed by atoms with Gasteiger partial charge in [0.2, 0.25) is 0 Å².